The molecule has 11 heteroatoms. The number of aromatic nitrogens is 2. The molecule has 0 aliphatic carbocycles. The van der Waals surface area contributed by atoms with E-state index in [9.17, 15) is 10.1 Å². The lowest BCUT2D eigenvalue weighted by Crippen LogP contribution is -2.28. The summed E-state index contributed by atoms with van der Waals surface area (Å²) in [5, 5.41) is 18.1. The molecule has 3 rings (SSSR count). The largest absolute Gasteiger partial charge is 0.494 e. The highest BCUT2D eigenvalue weighted by molar-refractivity contribution is 9.10. The normalized spacial score (nSPS) is 10.7. The van der Waals surface area contributed by atoms with Gasteiger partial charge in [0.15, 0.2) is 0 Å². The predicted octanol–water partition coefficient (Wildman–Crippen LogP) is 4.64. The molecule has 0 bridgehead atoms. The van der Waals surface area contributed by atoms with Gasteiger partial charge in [-0.25, -0.2) is 9.97 Å². The number of nitro benzene ring substituents is 1. The number of ether oxygens (including phenoxy) is 1. The minimum absolute atomic E-state index is 0.0268. The topological polar surface area (TPSA) is 109 Å². The molecule has 0 spiro atoms. The van der Waals surface area contributed by atoms with E-state index in [0.29, 0.717) is 35.3 Å². The second-order valence-electron chi connectivity index (χ2n) is 7.57. The molecule has 0 radical (unpaired) electrons. The number of rotatable bonds is 10. The summed E-state index contributed by atoms with van der Waals surface area (Å²) >= 11 is 3.44. The van der Waals surface area contributed by atoms with Crippen LogP contribution in [0.2, 0.25) is 0 Å². The Kier molecular flexibility index (Phi) is 8.01. The van der Waals surface area contributed by atoms with E-state index in [-0.39, 0.29) is 5.69 Å². The molecule has 3 aromatic rings. The van der Waals surface area contributed by atoms with Gasteiger partial charge in [0.05, 0.1) is 17.7 Å². The standard InChI is InChI=1S/C22H26BrN7O3/c1-28(2)8-9-29(3)18-12-20(33-4)17(11-19(18)30(31)32)27-22-13-21(24-14-25-22)26-16-7-5-6-15(23)10-16/h5-7,10-14H,8-9H2,1-4H3,(H2,24,25,26,27). The Hall–Kier alpha value is -3.44. The summed E-state index contributed by atoms with van der Waals surface area (Å²) < 4.78 is 6.46. The third kappa shape index (κ3) is 6.53. The number of halogens is 1. The first-order valence-electron chi connectivity index (χ1n) is 10.1. The van der Waals surface area contributed by atoms with Crippen LogP contribution in [0.5, 0.6) is 5.75 Å². The lowest BCUT2D eigenvalue weighted by atomic mass is 10.2. The number of hydrogen-bond donors (Lipinski definition) is 2. The molecule has 174 valence electrons. The fourth-order valence-electron chi connectivity index (χ4n) is 3.09. The van der Waals surface area contributed by atoms with Crippen LogP contribution in [0, 0.1) is 10.1 Å². The first kappa shape index (κ1) is 24.2. The highest BCUT2D eigenvalue weighted by Crippen LogP contribution is 2.39. The minimum Gasteiger partial charge on any atom is -0.494 e. The molecule has 0 amide bonds. The maximum Gasteiger partial charge on any atom is 0.294 e. The van der Waals surface area contributed by atoms with Gasteiger partial charge in [0.2, 0.25) is 0 Å². The molecule has 1 aromatic heterocycles. The van der Waals surface area contributed by atoms with Crippen molar-refractivity contribution in [2.24, 2.45) is 0 Å². The van der Waals surface area contributed by atoms with Crippen LogP contribution in [0.3, 0.4) is 0 Å². The lowest BCUT2D eigenvalue weighted by molar-refractivity contribution is -0.384. The number of methoxy groups -OCH3 is 1. The Morgan fingerprint density at radius 3 is 2.42 bits per heavy atom. The van der Waals surface area contributed by atoms with Crippen molar-refractivity contribution in [1.82, 2.24) is 14.9 Å². The van der Waals surface area contributed by atoms with Crippen LogP contribution in [0.25, 0.3) is 0 Å². The fraction of sp³-hybridized carbons (Fsp3) is 0.273. The van der Waals surface area contributed by atoms with Gasteiger partial charge in [-0.2, -0.15) is 0 Å². The highest BCUT2D eigenvalue weighted by Gasteiger charge is 2.22. The summed E-state index contributed by atoms with van der Waals surface area (Å²) in [7, 11) is 7.26. The quantitative estimate of drug-likeness (QED) is 0.294. The van der Waals surface area contributed by atoms with Crippen molar-refractivity contribution in [2.75, 3.05) is 56.9 Å². The smallest absolute Gasteiger partial charge is 0.294 e. The second kappa shape index (κ2) is 10.9. The SMILES string of the molecule is COc1cc(N(C)CCN(C)C)c([N+](=O)[O-])cc1Nc1cc(Nc2cccc(Br)c2)ncn1. The second-order valence-corrected chi connectivity index (χ2v) is 8.49. The molecule has 0 fully saturated rings. The van der Waals surface area contributed by atoms with E-state index in [1.807, 2.05) is 55.2 Å². The van der Waals surface area contributed by atoms with Gasteiger partial charge in [-0.15, -0.1) is 0 Å². The number of hydrogen-bond acceptors (Lipinski definition) is 9. The van der Waals surface area contributed by atoms with Crippen LogP contribution < -0.4 is 20.3 Å². The molecular formula is C22H26BrN7O3. The molecule has 2 N–H and O–H groups in total. The zero-order valence-electron chi connectivity index (χ0n) is 18.9. The van der Waals surface area contributed by atoms with Crippen molar-refractivity contribution < 1.29 is 9.66 Å². The molecule has 0 aliphatic heterocycles. The van der Waals surface area contributed by atoms with Crippen molar-refractivity contribution in [1.29, 1.82) is 0 Å². The van der Waals surface area contributed by atoms with Gasteiger partial charge >= 0.3 is 0 Å². The van der Waals surface area contributed by atoms with Crippen molar-refractivity contribution in [3.05, 3.63) is 63.4 Å². The van der Waals surface area contributed by atoms with Gasteiger partial charge in [0.1, 0.15) is 29.4 Å². The Morgan fingerprint density at radius 1 is 1.06 bits per heavy atom. The first-order chi connectivity index (χ1) is 15.8. The van der Waals surface area contributed by atoms with Gasteiger partial charge in [-0.3, -0.25) is 10.1 Å². The van der Waals surface area contributed by atoms with Crippen LogP contribution >= 0.6 is 15.9 Å². The number of nitro groups is 1. The van der Waals surface area contributed by atoms with Gasteiger partial charge in [0, 0.05) is 48.5 Å². The van der Waals surface area contributed by atoms with Gasteiger partial charge in [-0.1, -0.05) is 22.0 Å². The van der Waals surface area contributed by atoms with Crippen molar-refractivity contribution in [2.45, 2.75) is 0 Å². The zero-order valence-corrected chi connectivity index (χ0v) is 20.5. The molecule has 0 saturated carbocycles. The molecule has 0 saturated heterocycles. The average Bonchev–Trinajstić information content (AvgIpc) is 2.77. The molecule has 0 atom stereocenters. The van der Waals surface area contributed by atoms with E-state index >= 15 is 0 Å². The maximum atomic E-state index is 11.8. The zero-order chi connectivity index (χ0) is 24.0. The van der Waals surface area contributed by atoms with Crippen LogP contribution in [0.15, 0.2) is 53.3 Å². The predicted molar refractivity (Wildman–Crippen MR) is 134 cm³/mol. The Bertz CT molecular complexity index is 1130. The van der Waals surface area contributed by atoms with E-state index in [2.05, 4.69) is 36.5 Å². The number of nitrogens with one attached hydrogen (secondary N) is 2. The van der Waals surface area contributed by atoms with E-state index in [1.54, 1.807) is 12.1 Å². The molecular weight excluding hydrogens is 490 g/mol. The Labute approximate surface area is 200 Å². The fourth-order valence-corrected chi connectivity index (χ4v) is 3.49. The summed E-state index contributed by atoms with van der Waals surface area (Å²) in [6, 6.07) is 12.5. The first-order valence-corrected chi connectivity index (χ1v) is 10.9. The summed E-state index contributed by atoms with van der Waals surface area (Å²) in [6.07, 6.45) is 1.41. The number of anilines is 5. The highest BCUT2D eigenvalue weighted by atomic mass is 79.9. The van der Waals surface area contributed by atoms with E-state index < -0.39 is 4.92 Å². The lowest BCUT2D eigenvalue weighted by Gasteiger charge is -2.23. The molecule has 0 unspecified atom stereocenters. The third-order valence-electron chi connectivity index (χ3n) is 4.81. The number of likely N-dealkylation sites (N-methyl/N-ethyl adjacent to an activating group) is 2. The van der Waals surface area contributed by atoms with Crippen molar-refractivity contribution >= 4 is 50.3 Å². The molecule has 2 aromatic carbocycles. The van der Waals surface area contributed by atoms with Crippen LogP contribution in [-0.2, 0) is 0 Å². The Morgan fingerprint density at radius 2 is 1.79 bits per heavy atom. The van der Waals surface area contributed by atoms with Crippen molar-refractivity contribution in [3.8, 4) is 5.75 Å². The summed E-state index contributed by atoms with van der Waals surface area (Å²) in [4.78, 5) is 23.8. The third-order valence-corrected chi connectivity index (χ3v) is 5.31. The summed E-state index contributed by atoms with van der Waals surface area (Å²) in [5.74, 6) is 1.50. The van der Waals surface area contributed by atoms with E-state index in [0.717, 1.165) is 16.7 Å². The summed E-state index contributed by atoms with van der Waals surface area (Å²) in [6.45, 7) is 1.38. The van der Waals surface area contributed by atoms with Crippen molar-refractivity contribution in [3.63, 3.8) is 0 Å². The van der Waals surface area contributed by atoms with Crippen LogP contribution in [0.4, 0.5) is 34.4 Å². The van der Waals surface area contributed by atoms with Crippen LogP contribution in [-0.4, -0.2) is 61.1 Å². The number of nitrogens with zero attached hydrogens (tertiary/aromatic N) is 5. The van der Waals surface area contributed by atoms with Crippen LogP contribution in [0.1, 0.15) is 0 Å². The van der Waals surface area contributed by atoms with E-state index in [4.69, 9.17) is 4.74 Å². The van der Waals surface area contributed by atoms with E-state index in [1.165, 1.54) is 19.5 Å². The maximum absolute atomic E-state index is 11.8. The monoisotopic (exact) mass is 515 g/mol. The van der Waals surface area contributed by atoms with Gasteiger partial charge in [-0.05, 0) is 32.3 Å². The molecule has 0 aliphatic rings. The Balaban J connectivity index is 1.88. The summed E-state index contributed by atoms with van der Waals surface area (Å²) in [5.41, 5.74) is 1.73. The molecule has 33 heavy (non-hydrogen) atoms. The minimum atomic E-state index is -0.396. The molecule has 1 heterocycles. The van der Waals surface area contributed by atoms with Gasteiger partial charge < -0.3 is 25.2 Å². The number of benzene rings is 2. The molecule has 10 nitrogen and oxygen atoms in total. The van der Waals surface area contributed by atoms with Gasteiger partial charge in [0.25, 0.3) is 5.69 Å². The average molecular weight is 516 g/mol.